The first-order valence-corrected chi connectivity index (χ1v) is 23.2. The Morgan fingerprint density at radius 3 is 1.48 bits per heavy atom. The summed E-state index contributed by atoms with van der Waals surface area (Å²) in [6, 6.07) is -1.53. The highest BCUT2D eigenvalue weighted by Crippen LogP contribution is 2.43. The molecule has 3 atom stereocenters. The molecule has 0 spiro atoms. The second-order valence-corrected chi connectivity index (χ2v) is 15.9. The monoisotopic (exact) mass is 812 g/mol. The molecule has 12 heteroatoms. The van der Waals surface area contributed by atoms with E-state index in [1.165, 1.54) is 77.0 Å². The van der Waals surface area contributed by atoms with E-state index in [1.807, 2.05) is 6.08 Å². The van der Waals surface area contributed by atoms with E-state index in [1.54, 1.807) is 0 Å². The summed E-state index contributed by atoms with van der Waals surface area (Å²) in [6.45, 7) is 2.72. The Hall–Kier alpha value is -2.56. The molecule has 0 aliphatic heterocycles. The highest BCUT2D eigenvalue weighted by atomic mass is 31.2. The van der Waals surface area contributed by atoms with Crippen molar-refractivity contribution in [1.82, 2.24) is 0 Å². The van der Waals surface area contributed by atoms with Gasteiger partial charge in [-0.25, -0.2) is 4.57 Å². The normalized spacial score (nSPS) is 14.2. The van der Waals surface area contributed by atoms with Crippen LogP contribution in [0.1, 0.15) is 181 Å². The van der Waals surface area contributed by atoms with Crippen LogP contribution in [0.3, 0.4) is 0 Å². The number of unbranched alkanes of at least 4 members (excludes halogenated alkanes) is 18. The van der Waals surface area contributed by atoms with Gasteiger partial charge in [-0.05, 0) is 70.6 Å². The van der Waals surface area contributed by atoms with Crippen LogP contribution in [0.15, 0.2) is 48.6 Å². The number of ether oxygens (including phenoxy) is 2. The van der Waals surface area contributed by atoms with Gasteiger partial charge in [0.2, 0.25) is 0 Å². The number of esters is 2. The smallest absolute Gasteiger partial charge is 0.472 e. The SMILES string of the molecule is CCCCC/C=C/C/C=C/CCCCCCCC(=O)OC[C@H](COP(=O)(O)OC[C@H](N)C(=O)O)OC(=O)CCC/C=C/C/C=C/CCCCCCCCCCC. The van der Waals surface area contributed by atoms with Gasteiger partial charge in [-0.2, -0.15) is 0 Å². The number of carbonyl (C=O) groups is 3. The molecule has 0 radical (unpaired) electrons. The van der Waals surface area contributed by atoms with Gasteiger partial charge in [0.25, 0.3) is 0 Å². The molecular weight excluding hydrogens is 733 g/mol. The maximum atomic E-state index is 12.6. The van der Waals surface area contributed by atoms with Crippen molar-refractivity contribution in [2.45, 2.75) is 193 Å². The standard InChI is InChI=1S/C44H78NO10P/c1-3-5-7-9-11-13-15-17-19-20-22-24-26-28-30-32-34-36-43(47)55-40(38-53-56(50,51)54-39-41(45)44(48)49)37-52-42(46)35-33-31-29-27-25-23-21-18-16-14-12-10-8-6-4-2/h12,14,18,21-22,24,28,30,40-41H,3-11,13,15-17,19-20,23,25-27,29,31-39,45H2,1-2H3,(H,48,49)(H,50,51)/b14-12+,21-18+,24-22+,30-28+/t40-,41+/m1/s1. The molecule has 0 aliphatic carbocycles. The largest absolute Gasteiger partial charge is 0.480 e. The fourth-order valence-corrected chi connectivity index (χ4v) is 6.38. The fraction of sp³-hybridized carbons (Fsp3) is 0.750. The van der Waals surface area contributed by atoms with Crippen molar-refractivity contribution >= 4 is 25.7 Å². The Kier molecular flexibility index (Phi) is 37.5. The van der Waals surface area contributed by atoms with Crippen molar-refractivity contribution in [3.63, 3.8) is 0 Å². The summed E-state index contributed by atoms with van der Waals surface area (Å²) in [6.07, 6.45) is 43.3. The first-order valence-electron chi connectivity index (χ1n) is 21.7. The van der Waals surface area contributed by atoms with Crippen LogP contribution in [-0.4, -0.2) is 59.9 Å². The third-order valence-corrected chi connectivity index (χ3v) is 10.0. The molecule has 0 amide bonds. The average Bonchev–Trinajstić information content (AvgIpc) is 3.17. The van der Waals surface area contributed by atoms with Crippen molar-refractivity contribution in [1.29, 1.82) is 0 Å². The Balaban J connectivity index is 4.46. The number of phosphoric ester groups is 1. The topological polar surface area (TPSA) is 172 Å². The molecule has 0 rings (SSSR count). The molecule has 56 heavy (non-hydrogen) atoms. The highest BCUT2D eigenvalue weighted by Gasteiger charge is 2.28. The summed E-state index contributed by atoms with van der Waals surface area (Å²) in [5.74, 6) is -2.46. The van der Waals surface area contributed by atoms with Gasteiger partial charge in [0.05, 0.1) is 13.2 Å². The second kappa shape index (κ2) is 39.3. The Labute approximate surface area is 339 Å². The van der Waals surface area contributed by atoms with E-state index < -0.39 is 51.1 Å². The van der Waals surface area contributed by atoms with Crippen LogP contribution in [0, 0.1) is 0 Å². The van der Waals surface area contributed by atoms with E-state index in [2.05, 4.69) is 60.9 Å². The molecule has 0 fully saturated rings. The van der Waals surface area contributed by atoms with Crippen LogP contribution in [0.4, 0.5) is 0 Å². The third kappa shape index (κ3) is 38.3. The van der Waals surface area contributed by atoms with Crippen LogP contribution < -0.4 is 5.73 Å². The Morgan fingerprint density at radius 2 is 0.964 bits per heavy atom. The van der Waals surface area contributed by atoms with Gasteiger partial charge < -0.3 is 25.2 Å². The predicted molar refractivity (Wildman–Crippen MR) is 226 cm³/mol. The second-order valence-electron chi connectivity index (χ2n) is 14.5. The van der Waals surface area contributed by atoms with Crippen molar-refractivity contribution in [2.75, 3.05) is 19.8 Å². The Bertz CT molecular complexity index is 1140. The zero-order valence-corrected chi connectivity index (χ0v) is 35.9. The van der Waals surface area contributed by atoms with E-state index in [0.29, 0.717) is 19.3 Å². The lowest BCUT2D eigenvalue weighted by atomic mass is 10.1. The molecule has 4 N–H and O–H groups in total. The highest BCUT2D eigenvalue weighted by molar-refractivity contribution is 7.47. The quantitative estimate of drug-likeness (QED) is 0.0233. The van der Waals surface area contributed by atoms with Crippen LogP contribution >= 0.6 is 7.82 Å². The van der Waals surface area contributed by atoms with Gasteiger partial charge in [-0.15, -0.1) is 0 Å². The first kappa shape index (κ1) is 53.4. The molecule has 0 aromatic carbocycles. The molecule has 0 aromatic rings. The van der Waals surface area contributed by atoms with Crippen molar-refractivity contribution in [2.24, 2.45) is 5.73 Å². The molecule has 0 bridgehead atoms. The number of hydrogen-bond donors (Lipinski definition) is 3. The number of allylic oxidation sites excluding steroid dienone is 8. The minimum Gasteiger partial charge on any atom is -0.480 e. The lowest BCUT2D eigenvalue weighted by Crippen LogP contribution is -2.34. The molecule has 0 aromatic heterocycles. The van der Waals surface area contributed by atoms with Gasteiger partial charge in [-0.1, -0.05) is 146 Å². The molecule has 11 nitrogen and oxygen atoms in total. The number of aliphatic carboxylic acids is 1. The molecule has 0 saturated heterocycles. The van der Waals surface area contributed by atoms with E-state index in [0.717, 1.165) is 57.8 Å². The first-order chi connectivity index (χ1) is 27.1. The lowest BCUT2D eigenvalue weighted by molar-refractivity contribution is -0.161. The molecule has 324 valence electrons. The van der Waals surface area contributed by atoms with Crippen LogP contribution in [0.5, 0.6) is 0 Å². The summed E-state index contributed by atoms with van der Waals surface area (Å²) in [5, 5.41) is 8.88. The molecular formula is C44H78NO10P. The van der Waals surface area contributed by atoms with E-state index in [-0.39, 0.29) is 19.4 Å². The minimum absolute atomic E-state index is 0.0932. The molecule has 0 heterocycles. The number of nitrogens with two attached hydrogens (primary N) is 1. The maximum Gasteiger partial charge on any atom is 0.472 e. The van der Waals surface area contributed by atoms with Gasteiger partial charge in [-0.3, -0.25) is 23.4 Å². The maximum absolute atomic E-state index is 12.6. The summed E-state index contributed by atoms with van der Waals surface area (Å²) >= 11 is 0. The molecule has 0 aliphatic rings. The van der Waals surface area contributed by atoms with E-state index in [9.17, 15) is 23.8 Å². The lowest BCUT2D eigenvalue weighted by Gasteiger charge is -2.20. The van der Waals surface area contributed by atoms with Gasteiger partial charge >= 0.3 is 25.7 Å². The molecule has 0 saturated carbocycles. The van der Waals surface area contributed by atoms with Gasteiger partial charge in [0.1, 0.15) is 12.6 Å². The Morgan fingerprint density at radius 1 is 0.554 bits per heavy atom. The zero-order valence-electron chi connectivity index (χ0n) is 35.0. The number of carbonyl (C=O) groups excluding carboxylic acids is 2. The minimum atomic E-state index is -4.73. The van der Waals surface area contributed by atoms with E-state index >= 15 is 0 Å². The van der Waals surface area contributed by atoms with Crippen LogP contribution in [-0.2, 0) is 37.5 Å². The summed E-state index contributed by atoms with van der Waals surface area (Å²) in [4.78, 5) is 45.9. The number of carboxylic acids is 1. The summed E-state index contributed by atoms with van der Waals surface area (Å²) in [5.41, 5.74) is 5.33. The van der Waals surface area contributed by atoms with Crippen molar-refractivity contribution < 1.29 is 47.5 Å². The summed E-state index contributed by atoms with van der Waals surface area (Å²) in [7, 11) is -4.73. The van der Waals surface area contributed by atoms with Crippen molar-refractivity contribution in [3.05, 3.63) is 48.6 Å². The van der Waals surface area contributed by atoms with Crippen LogP contribution in [0.2, 0.25) is 0 Å². The number of rotatable bonds is 40. The zero-order chi connectivity index (χ0) is 41.4. The molecule has 1 unspecified atom stereocenters. The van der Waals surface area contributed by atoms with Gasteiger partial charge in [0, 0.05) is 12.8 Å². The van der Waals surface area contributed by atoms with Crippen LogP contribution in [0.25, 0.3) is 0 Å². The fourth-order valence-electron chi connectivity index (χ4n) is 5.60. The third-order valence-electron chi connectivity index (χ3n) is 9.05. The predicted octanol–water partition coefficient (Wildman–Crippen LogP) is 11.4. The summed E-state index contributed by atoms with van der Waals surface area (Å²) < 4.78 is 32.6. The average molecular weight is 812 g/mol. The van der Waals surface area contributed by atoms with Crippen molar-refractivity contribution in [3.8, 4) is 0 Å². The van der Waals surface area contributed by atoms with E-state index in [4.69, 9.17) is 24.8 Å². The number of phosphoric acid groups is 1. The number of carboxylic acid groups (broad SMARTS) is 1. The van der Waals surface area contributed by atoms with Gasteiger partial charge in [0.15, 0.2) is 6.10 Å². The number of hydrogen-bond acceptors (Lipinski definition) is 9.